The highest BCUT2D eigenvalue weighted by Gasteiger charge is 2.16. The van der Waals surface area contributed by atoms with Crippen LogP contribution in [0.25, 0.3) is 10.6 Å². The van der Waals surface area contributed by atoms with Crippen molar-refractivity contribution in [3.8, 4) is 16.3 Å². The molecule has 0 radical (unpaired) electrons. The molecule has 2 aromatic heterocycles. The normalized spacial score (nSPS) is 11.8. The van der Waals surface area contributed by atoms with Gasteiger partial charge in [0.2, 0.25) is 5.91 Å². The molecule has 0 saturated carbocycles. The second-order valence-electron chi connectivity index (χ2n) is 6.45. The van der Waals surface area contributed by atoms with E-state index < -0.39 is 6.10 Å². The van der Waals surface area contributed by atoms with Crippen LogP contribution < -0.4 is 4.74 Å². The molecule has 0 saturated heterocycles. The van der Waals surface area contributed by atoms with Crippen molar-refractivity contribution >= 4 is 17.2 Å². The zero-order chi connectivity index (χ0) is 19.9. The van der Waals surface area contributed by atoms with E-state index in [1.807, 2.05) is 35.7 Å². The number of methoxy groups -OCH3 is 1. The van der Waals surface area contributed by atoms with Gasteiger partial charge in [0.15, 0.2) is 0 Å². The van der Waals surface area contributed by atoms with Gasteiger partial charge in [0, 0.05) is 36.8 Å². The molecule has 3 aromatic rings. The van der Waals surface area contributed by atoms with Crippen LogP contribution in [0.5, 0.6) is 5.75 Å². The molecule has 1 aromatic carbocycles. The first-order valence-corrected chi connectivity index (χ1v) is 9.85. The average Bonchev–Trinajstić information content (AvgIpc) is 3.21. The summed E-state index contributed by atoms with van der Waals surface area (Å²) in [6.07, 6.45) is 3.65. The number of hydrogen-bond acceptors (Lipinski definition) is 6. The number of amides is 1. The monoisotopic (exact) mass is 397 g/mol. The number of likely N-dealkylation sites (N-methyl/N-ethyl adjacent to an activating group) is 1. The Kier molecular flexibility index (Phi) is 6.73. The van der Waals surface area contributed by atoms with Crippen molar-refractivity contribution in [1.82, 2.24) is 14.9 Å². The molecular weight excluding hydrogens is 374 g/mol. The number of pyridine rings is 1. The van der Waals surface area contributed by atoms with Gasteiger partial charge in [-0.3, -0.25) is 9.78 Å². The summed E-state index contributed by atoms with van der Waals surface area (Å²) in [5, 5.41) is 13.3. The molecule has 28 heavy (non-hydrogen) atoms. The lowest BCUT2D eigenvalue weighted by molar-refractivity contribution is -0.131. The highest BCUT2D eigenvalue weighted by Crippen LogP contribution is 2.23. The molecular formula is C21H23N3O3S. The Hall–Kier alpha value is -2.77. The lowest BCUT2D eigenvalue weighted by Gasteiger charge is -2.21. The van der Waals surface area contributed by atoms with Gasteiger partial charge in [0.05, 0.1) is 25.5 Å². The Balaban J connectivity index is 1.52. The SMILES string of the molecule is COc1cccc(C(O)CN(C)C(=O)CCc2csc(-c3cccnc3)n2)c1. The van der Waals surface area contributed by atoms with E-state index in [1.54, 1.807) is 48.9 Å². The van der Waals surface area contributed by atoms with Gasteiger partial charge >= 0.3 is 0 Å². The van der Waals surface area contributed by atoms with Crippen LogP contribution in [0.3, 0.4) is 0 Å². The van der Waals surface area contributed by atoms with Gasteiger partial charge in [-0.25, -0.2) is 4.98 Å². The minimum Gasteiger partial charge on any atom is -0.497 e. The van der Waals surface area contributed by atoms with E-state index in [-0.39, 0.29) is 12.5 Å². The van der Waals surface area contributed by atoms with Crippen LogP contribution in [-0.2, 0) is 11.2 Å². The summed E-state index contributed by atoms with van der Waals surface area (Å²) in [4.78, 5) is 22.7. The highest BCUT2D eigenvalue weighted by molar-refractivity contribution is 7.13. The first-order valence-electron chi connectivity index (χ1n) is 8.97. The summed E-state index contributed by atoms with van der Waals surface area (Å²) < 4.78 is 5.18. The molecule has 6 nitrogen and oxygen atoms in total. The Labute approximate surface area is 168 Å². The molecule has 2 heterocycles. The van der Waals surface area contributed by atoms with Crippen molar-refractivity contribution < 1.29 is 14.6 Å². The Morgan fingerprint density at radius 1 is 1.32 bits per heavy atom. The Morgan fingerprint density at radius 3 is 2.93 bits per heavy atom. The molecule has 1 amide bonds. The second kappa shape index (κ2) is 9.43. The number of aromatic nitrogens is 2. The molecule has 0 aliphatic carbocycles. The topological polar surface area (TPSA) is 75.6 Å². The maximum atomic E-state index is 12.4. The first kappa shape index (κ1) is 20.0. The largest absolute Gasteiger partial charge is 0.497 e. The maximum Gasteiger partial charge on any atom is 0.222 e. The van der Waals surface area contributed by atoms with E-state index in [0.29, 0.717) is 18.6 Å². The summed E-state index contributed by atoms with van der Waals surface area (Å²) >= 11 is 1.55. The molecule has 0 aliphatic heterocycles. The number of hydrogen-bond donors (Lipinski definition) is 1. The maximum absolute atomic E-state index is 12.4. The molecule has 1 N–H and O–H groups in total. The number of rotatable bonds is 8. The van der Waals surface area contributed by atoms with Gasteiger partial charge in [-0.15, -0.1) is 11.3 Å². The van der Waals surface area contributed by atoms with Crippen LogP contribution in [0.4, 0.5) is 0 Å². The predicted octanol–water partition coefficient (Wildman–Crippen LogP) is 3.34. The zero-order valence-corrected chi connectivity index (χ0v) is 16.7. The van der Waals surface area contributed by atoms with Crippen LogP contribution in [-0.4, -0.2) is 46.6 Å². The molecule has 0 bridgehead atoms. The van der Waals surface area contributed by atoms with Crippen LogP contribution in [0, 0.1) is 0 Å². The fraction of sp³-hybridized carbons (Fsp3) is 0.286. The van der Waals surface area contributed by atoms with Crippen LogP contribution >= 0.6 is 11.3 Å². The first-order chi connectivity index (χ1) is 13.6. The van der Waals surface area contributed by atoms with E-state index in [2.05, 4.69) is 9.97 Å². The van der Waals surface area contributed by atoms with E-state index in [0.717, 1.165) is 21.8 Å². The molecule has 3 rings (SSSR count). The van der Waals surface area contributed by atoms with Crippen molar-refractivity contribution in [3.63, 3.8) is 0 Å². The summed E-state index contributed by atoms with van der Waals surface area (Å²) in [5.41, 5.74) is 2.59. The number of thiazole rings is 1. The minimum absolute atomic E-state index is 0.0297. The van der Waals surface area contributed by atoms with Gasteiger partial charge in [-0.05, 0) is 36.2 Å². The standard InChI is InChI=1S/C21H23N3O3S/c1-24(13-19(25)15-5-3-7-18(11-15)27-2)20(26)9-8-17-14-28-21(23-17)16-6-4-10-22-12-16/h3-7,10-12,14,19,25H,8-9,13H2,1-2H3. The number of aliphatic hydroxyl groups is 1. The molecule has 0 spiro atoms. The van der Waals surface area contributed by atoms with Gasteiger partial charge in [-0.2, -0.15) is 0 Å². The van der Waals surface area contributed by atoms with Crippen molar-refractivity contribution in [2.24, 2.45) is 0 Å². The quantitative estimate of drug-likeness (QED) is 0.631. The van der Waals surface area contributed by atoms with Crippen molar-refractivity contribution in [1.29, 1.82) is 0 Å². The number of carbonyl (C=O) groups is 1. The predicted molar refractivity (Wildman–Crippen MR) is 109 cm³/mol. The lowest BCUT2D eigenvalue weighted by Crippen LogP contribution is -2.31. The van der Waals surface area contributed by atoms with Gasteiger partial charge < -0.3 is 14.7 Å². The minimum atomic E-state index is -0.763. The number of aliphatic hydroxyl groups excluding tert-OH is 1. The second-order valence-corrected chi connectivity index (χ2v) is 7.31. The smallest absolute Gasteiger partial charge is 0.222 e. The fourth-order valence-electron chi connectivity index (χ4n) is 2.78. The third-order valence-corrected chi connectivity index (χ3v) is 5.35. The fourth-order valence-corrected chi connectivity index (χ4v) is 3.63. The van der Waals surface area contributed by atoms with Crippen LogP contribution in [0.15, 0.2) is 54.2 Å². The van der Waals surface area contributed by atoms with E-state index in [4.69, 9.17) is 4.74 Å². The molecule has 146 valence electrons. The summed E-state index contributed by atoms with van der Waals surface area (Å²) in [5.74, 6) is 0.649. The third kappa shape index (κ3) is 5.15. The number of benzene rings is 1. The number of aryl methyl sites for hydroxylation is 1. The third-order valence-electron chi connectivity index (χ3n) is 4.41. The number of carbonyl (C=O) groups excluding carboxylic acids is 1. The molecule has 7 heteroatoms. The molecule has 0 aliphatic rings. The highest BCUT2D eigenvalue weighted by atomic mass is 32.1. The van der Waals surface area contributed by atoms with E-state index in [9.17, 15) is 9.90 Å². The molecule has 1 atom stereocenters. The molecule has 1 unspecified atom stereocenters. The van der Waals surface area contributed by atoms with Gasteiger partial charge in [0.1, 0.15) is 10.8 Å². The number of ether oxygens (including phenoxy) is 1. The van der Waals surface area contributed by atoms with E-state index >= 15 is 0 Å². The van der Waals surface area contributed by atoms with Crippen molar-refractivity contribution in [3.05, 3.63) is 65.4 Å². The number of nitrogens with zero attached hydrogens (tertiary/aromatic N) is 3. The van der Waals surface area contributed by atoms with Gasteiger partial charge in [0.25, 0.3) is 0 Å². The zero-order valence-electron chi connectivity index (χ0n) is 15.9. The molecule has 0 fully saturated rings. The Bertz CT molecular complexity index is 914. The van der Waals surface area contributed by atoms with Crippen molar-refractivity contribution in [2.75, 3.05) is 20.7 Å². The average molecular weight is 398 g/mol. The van der Waals surface area contributed by atoms with Crippen molar-refractivity contribution in [2.45, 2.75) is 18.9 Å². The lowest BCUT2D eigenvalue weighted by atomic mass is 10.1. The van der Waals surface area contributed by atoms with E-state index in [1.165, 1.54) is 0 Å². The van der Waals surface area contributed by atoms with Crippen LogP contribution in [0.2, 0.25) is 0 Å². The van der Waals surface area contributed by atoms with Gasteiger partial charge in [-0.1, -0.05) is 12.1 Å². The summed E-state index contributed by atoms with van der Waals surface area (Å²) in [6.45, 7) is 0.226. The summed E-state index contributed by atoms with van der Waals surface area (Å²) in [6, 6.07) is 11.1. The summed E-state index contributed by atoms with van der Waals surface area (Å²) in [7, 11) is 3.28. The Morgan fingerprint density at radius 2 is 2.18 bits per heavy atom. The van der Waals surface area contributed by atoms with Crippen LogP contribution in [0.1, 0.15) is 23.8 Å².